The molecule has 2 aromatic heterocycles. The van der Waals surface area contributed by atoms with Crippen LogP contribution in [0, 0.1) is 0 Å². The predicted octanol–water partition coefficient (Wildman–Crippen LogP) is 5.18. The molecule has 0 aliphatic heterocycles. The van der Waals surface area contributed by atoms with Crippen LogP contribution in [0.3, 0.4) is 0 Å². The van der Waals surface area contributed by atoms with E-state index in [1.807, 2.05) is 24.3 Å². The van der Waals surface area contributed by atoms with Crippen molar-refractivity contribution in [3.63, 3.8) is 0 Å². The Labute approximate surface area is 348 Å². The zero-order valence-corrected chi connectivity index (χ0v) is 34.6. The molecule has 4 nitrogen and oxygen atoms in total. The number of rotatable bonds is 9. The molecule has 0 saturated carbocycles. The number of benzene rings is 6. The van der Waals surface area contributed by atoms with Gasteiger partial charge in [0.1, 0.15) is 0 Å². The fraction of sp³-hybridized carbons (Fsp3) is 0.0870. The Balaban J connectivity index is 0.00000249. The Kier molecular flexibility index (Phi) is 12.4. The van der Waals surface area contributed by atoms with Gasteiger partial charge in [-0.05, 0) is 83.9 Å². The minimum atomic E-state index is 0. The number of hydrogen-bond donors (Lipinski definition) is 0. The lowest BCUT2D eigenvalue weighted by atomic mass is 10.0. The lowest BCUT2D eigenvalue weighted by Crippen LogP contribution is -3.00. The summed E-state index contributed by atoms with van der Waals surface area (Å²) in [6.45, 7) is 1.52. The van der Waals surface area contributed by atoms with Crippen LogP contribution in [-0.2, 0) is 13.1 Å². The highest BCUT2D eigenvalue weighted by Crippen LogP contribution is 2.32. The zero-order chi connectivity index (χ0) is 35.6. The summed E-state index contributed by atoms with van der Waals surface area (Å²) in [6.07, 6.45) is 4.38. The Morgan fingerprint density at radius 1 is 0.444 bits per heavy atom. The molecule has 0 saturated heterocycles. The van der Waals surface area contributed by atoms with Gasteiger partial charge >= 0.3 is 0 Å². The van der Waals surface area contributed by atoms with E-state index in [9.17, 15) is 0 Å². The zero-order valence-electron chi connectivity index (χ0n) is 29.9. The molecule has 0 bridgehead atoms. The molecule has 0 spiro atoms. The van der Waals surface area contributed by atoms with Gasteiger partial charge in [-0.2, -0.15) is 9.13 Å². The monoisotopic (exact) mass is 874 g/mol. The largest absolute Gasteiger partial charge is 1.00 e. The van der Waals surface area contributed by atoms with Crippen LogP contribution in [0.5, 0.6) is 0 Å². The first kappa shape index (κ1) is 39.0. The van der Waals surface area contributed by atoms with E-state index in [1.165, 1.54) is 44.1 Å². The fourth-order valence-electron chi connectivity index (χ4n) is 7.10. The maximum atomic E-state index is 6.17. The number of nitrogens with zero attached hydrogens (tertiary/aromatic N) is 4. The Bertz CT molecular complexity index is 2360. The van der Waals surface area contributed by atoms with Crippen molar-refractivity contribution >= 4 is 67.8 Å². The van der Waals surface area contributed by atoms with E-state index >= 15 is 0 Å². The van der Waals surface area contributed by atoms with Crippen LogP contribution < -0.4 is 52.9 Å². The summed E-state index contributed by atoms with van der Waals surface area (Å²) >= 11 is 12.3. The third kappa shape index (κ3) is 8.18. The standard InChI is InChI=1S/C46H38Cl2N4.2BrH/c1-49(39-21-17-37(47)18-22-39)43-25-27-51(45-15-5-3-13-41(43)45)31-33-9-7-11-35(29-33)36-12-8-10-34(30-36)32-52-28-26-44(42-14-4-6-16-46(42)52)50(2)40-23-19-38(48)20-24-40;;/h3-30H,31-32H2,1-2H3;2*1H/q+2;;/p-2. The van der Waals surface area contributed by atoms with E-state index in [0.29, 0.717) is 0 Å². The average Bonchev–Trinajstić information content (AvgIpc) is 3.18. The number of halogens is 4. The van der Waals surface area contributed by atoms with Crippen molar-refractivity contribution < 1.29 is 43.1 Å². The quantitative estimate of drug-likeness (QED) is 0.186. The van der Waals surface area contributed by atoms with Gasteiger partial charge in [-0.3, -0.25) is 0 Å². The van der Waals surface area contributed by atoms with E-state index in [2.05, 4.69) is 179 Å². The summed E-state index contributed by atoms with van der Waals surface area (Å²) in [6, 6.07) is 55.4. The molecule has 6 aromatic carbocycles. The minimum Gasteiger partial charge on any atom is -1.00 e. The predicted molar refractivity (Wildman–Crippen MR) is 217 cm³/mol. The van der Waals surface area contributed by atoms with Gasteiger partial charge in [0.2, 0.25) is 11.0 Å². The Morgan fingerprint density at radius 2 is 0.833 bits per heavy atom. The highest BCUT2D eigenvalue weighted by atomic mass is 79.9. The van der Waals surface area contributed by atoms with E-state index in [4.69, 9.17) is 23.2 Å². The molecule has 0 atom stereocenters. The smallest absolute Gasteiger partial charge is 0.214 e. The molecule has 0 radical (unpaired) electrons. The molecule has 8 rings (SSSR count). The normalized spacial score (nSPS) is 10.8. The molecular formula is C46H38Br2Cl2N4. The highest BCUT2D eigenvalue weighted by Gasteiger charge is 2.19. The molecule has 0 N–H and O–H groups in total. The molecule has 54 heavy (non-hydrogen) atoms. The van der Waals surface area contributed by atoms with Crippen LogP contribution in [0.25, 0.3) is 32.9 Å². The van der Waals surface area contributed by atoms with Crippen LogP contribution in [0.15, 0.2) is 170 Å². The van der Waals surface area contributed by atoms with Crippen LogP contribution in [0.2, 0.25) is 10.0 Å². The number of pyridine rings is 2. The molecule has 0 amide bonds. The van der Waals surface area contributed by atoms with Gasteiger partial charge < -0.3 is 43.8 Å². The summed E-state index contributed by atoms with van der Waals surface area (Å²) in [5.74, 6) is 0. The van der Waals surface area contributed by atoms with Crippen LogP contribution >= 0.6 is 23.2 Å². The van der Waals surface area contributed by atoms with Crippen molar-refractivity contribution in [3.8, 4) is 11.1 Å². The average molecular weight is 878 g/mol. The molecule has 0 aliphatic carbocycles. The second-order valence-corrected chi connectivity index (χ2v) is 14.0. The van der Waals surface area contributed by atoms with Crippen molar-refractivity contribution in [2.75, 3.05) is 23.9 Å². The molecule has 8 aromatic rings. The number of hydrogen-bond acceptors (Lipinski definition) is 2. The van der Waals surface area contributed by atoms with Gasteiger partial charge in [-0.15, -0.1) is 0 Å². The maximum Gasteiger partial charge on any atom is 0.214 e. The Hall–Kier alpha value is -4.72. The van der Waals surface area contributed by atoms with E-state index in [1.54, 1.807) is 0 Å². The summed E-state index contributed by atoms with van der Waals surface area (Å²) in [5.41, 5.74) is 11.7. The maximum absolute atomic E-state index is 6.17. The van der Waals surface area contributed by atoms with Crippen molar-refractivity contribution in [2.45, 2.75) is 13.1 Å². The first-order chi connectivity index (χ1) is 25.4. The molecule has 8 heteroatoms. The summed E-state index contributed by atoms with van der Waals surface area (Å²) in [4.78, 5) is 4.43. The van der Waals surface area contributed by atoms with Crippen LogP contribution in [-0.4, -0.2) is 14.1 Å². The van der Waals surface area contributed by atoms with E-state index in [-0.39, 0.29) is 34.0 Å². The molecular weight excluding hydrogens is 839 g/mol. The molecule has 0 unspecified atom stereocenters. The third-order valence-corrected chi connectivity index (χ3v) is 10.4. The first-order valence-electron chi connectivity index (χ1n) is 17.4. The first-order valence-corrected chi connectivity index (χ1v) is 18.2. The molecule has 2 heterocycles. The summed E-state index contributed by atoms with van der Waals surface area (Å²) < 4.78 is 4.67. The summed E-state index contributed by atoms with van der Waals surface area (Å²) in [5, 5.41) is 3.86. The highest BCUT2D eigenvalue weighted by molar-refractivity contribution is 6.31. The van der Waals surface area contributed by atoms with Gasteiger partial charge in [0.15, 0.2) is 25.5 Å². The van der Waals surface area contributed by atoms with E-state index in [0.717, 1.165) is 45.9 Å². The van der Waals surface area contributed by atoms with Crippen LogP contribution in [0.1, 0.15) is 11.1 Å². The second kappa shape index (κ2) is 17.2. The number of aromatic nitrogens is 2. The number of fused-ring (bicyclic) bond motifs is 2. The van der Waals surface area contributed by atoms with Crippen molar-refractivity contribution in [1.29, 1.82) is 0 Å². The third-order valence-electron chi connectivity index (χ3n) is 9.85. The summed E-state index contributed by atoms with van der Waals surface area (Å²) in [7, 11) is 4.20. The number of anilines is 4. The molecule has 0 fully saturated rings. The lowest BCUT2D eigenvalue weighted by molar-refractivity contribution is -0.662. The van der Waals surface area contributed by atoms with Crippen molar-refractivity contribution in [3.05, 3.63) is 191 Å². The van der Waals surface area contributed by atoms with Gasteiger partial charge in [-0.25, -0.2) is 0 Å². The van der Waals surface area contributed by atoms with Crippen LogP contribution in [0.4, 0.5) is 22.7 Å². The Morgan fingerprint density at radius 3 is 1.24 bits per heavy atom. The van der Waals surface area contributed by atoms with Crippen molar-refractivity contribution in [2.24, 2.45) is 0 Å². The minimum absolute atomic E-state index is 0. The lowest BCUT2D eigenvalue weighted by Gasteiger charge is -2.21. The van der Waals surface area contributed by atoms with E-state index < -0.39 is 0 Å². The number of para-hydroxylation sites is 2. The van der Waals surface area contributed by atoms with Gasteiger partial charge in [0.25, 0.3) is 0 Å². The molecule has 270 valence electrons. The second-order valence-electron chi connectivity index (χ2n) is 13.2. The SMILES string of the molecule is CN(c1ccc(Cl)cc1)c1cc[n+](Cc2cccc(-c3cccc(C[n+]4ccc(N(C)c5ccc(Cl)cc5)c5ccccc54)c3)c2)c2ccccc12.[Br-].[Br-]. The van der Waals surface area contributed by atoms with Gasteiger partial charge in [0.05, 0.1) is 22.1 Å². The van der Waals surface area contributed by atoms with Gasteiger partial charge in [-0.1, -0.05) is 83.9 Å². The van der Waals surface area contributed by atoms with Gasteiger partial charge in [0, 0.05) is 70.9 Å². The fourth-order valence-corrected chi connectivity index (χ4v) is 7.35. The molecule has 0 aliphatic rings. The van der Waals surface area contributed by atoms with Crippen molar-refractivity contribution in [1.82, 2.24) is 0 Å². The topological polar surface area (TPSA) is 14.2 Å².